The van der Waals surface area contributed by atoms with Crippen LogP contribution in [-0.4, -0.2) is 22.2 Å². The van der Waals surface area contributed by atoms with Crippen LogP contribution in [0.2, 0.25) is 0 Å². The van der Waals surface area contributed by atoms with Crippen molar-refractivity contribution in [2.45, 2.75) is 0 Å². The van der Waals surface area contributed by atoms with Crippen molar-refractivity contribution in [3.8, 4) is 0 Å². The number of para-hydroxylation sites is 1. The third kappa shape index (κ3) is 1.88. The molecule has 64 valence electrons. The number of hydrogen-bond donors (Lipinski definition) is 3. The lowest BCUT2D eigenvalue weighted by atomic mass is 9.72. The van der Waals surface area contributed by atoms with E-state index < -0.39 is 0 Å². The Labute approximate surface area is 79.6 Å². The second kappa shape index (κ2) is 3.87. The average Bonchev–Trinajstić information content (AvgIpc) is 2.20. The van der Waals surface area contributed by atoms with E-state index in [2.05, 4.69) is 27.1 Å². The van der Waals surface area contributed by atoms with E-state index in [1.807, 2.05) is 18.2 Å². The molecule has 1 aliphatic heterocycles. The minimum atomic E-state index is -0.0938. The normalized spacial score (nSPS) is 16.4. The van der Waals surface area contributed by atoms with E-state index in [0.717, 1.165) is 20.8 Å². The predicted molar refractivity (Wildman–Crippen MR) is 59.4 cm³/mol. The maximum atomic E-state index is 5.89. The molecule has 4 N–H and O–H groups in total. The molecule has 1 aromatic carbocycles. The van der Waals surface area contributed by atoms with E-state index in [0.29, 0.717) is 0 Å². The van der Waals surface area contributed by atoms with E-state index in [1.54, 1.807) is 0 Å². The van der Waals surface area contributed by atoms with Gasteiger partial charge in [0.2, 0.25) is 0 Å². The second-order valence-corrected chi connectivity index (χ2v) is 3.04. The molecular weight excluding hydrogens is 161 g/mol. The van der Waals surface area contributed by atoms with Crippen LogP contribution in [0.15, 0.2) is 30.3 Å². The molecule has 0 amide bonds. The van der Waals surface area contributed by atoms with Gasteiger partial charge in [-0.3, -0.25) is 0 Å². The zero-order chi connectivity index (χ0) is 9.10. The van der Waals surface area contributed by atoms with E-state index in [-0.39, 0.29) is 7.12 Å². The quantitative estimate of drug-likeness (QED) is 0.435. The number of nitrogens with zero attached hydrogens (tertiary/aromatic N) is 1. The molecule has 1 aliphatic rings. The van der Waals surface area contributed by atoms with Gasteiger partial charge in [-0.2, -0.15) is 0 Å². The third-order valence-corrected chi connectivity index (χ3v) is 2.14. The fraction of sp³-hybridized carbons (Fsp3) is 0. The van der Waals surface area contributed by atoms with Gasteiger partial charge in [0.1, 0.15) is 0 Å². The first-order valence-corrected chi connectivity index (χ1v) is 4.39. The van der Waals surface area contributed by atoms with Crippen LogP contribution in [0.3, 0.4) is 0 Å². The Kier molecular flexibility index (Phi) is 2.58. The molecule has 1 saturated heterocycles. The highest BCUT2D eigenvalue weighted by Gasteiger charge is 2.24. The molecule has 0 spiro atoms. The highest BCUT2D eigenvalue weighted by molar-refractivity contribution is 6.81. The van der Waals surface area contributed by atoms with Gasteiger partial charge >= 0.3 is 7.12 Å². The van der Waals surface area contributed by atoms with Gasteiger partial charge in [-0.05, 0) is 12.1 Å². The minimum Gasteiger partial charge on any atom is -0.424 e. The molecule has 13 heavy (non-hydrogen) atoms. The van der Waals surface area contributed by atoms with Crippen LogP contribution in [0.1, 0.15) is 0 Å². The first-order chi connectivity index (χ1) is 6.38. The van der Waals surface area contributed by atoms with Gasteiger partial charge in [0.25, 0.3) is 15.1 Å². The Bertz CT molecular complexity index is 270. The fourth-order valence-electron chi connectivity index (χ4n) is 1.43. The molecule has 0 aromatic heterocycles. The first kappa shape index (κ1) is 8.68. The number of benzene rings is 1. The fourth-order valence-corrected chi connectivity index (χ4v) is 1.43. The van der Waals surface area contributed by atoms with Gasteiger partial charge in [-0.1, -0.05) is 18.2 Å². The van der Waals surface area contributed by atoms with Crippen LogP contribution in [0.25, 0.3) is 0 Å². The Balaban J connectivity index is 2.15. The van der Waals surface area contributed by atoms with Crippen molar-refractivity contribution in [1.29, 1.82) is 0 Å². The number of nitrogens with two attached hydrogens (primary N) is 1. The lowest BCUT2D eigenvalue weighted by Crippen LogP contribution is -2.70. The molecular formula is C6H11B3N4. The van der Waals surface area contributed by atoms with Crippen molar-refractivity contribution in [3.05, 3.63) is 30.3 Å². The largest absolute Gasteiger partial charge is 0.424 e. The lowest BCUT2D eigenvalue weighted by molar-refractivity contribution is 1.25. The highest BCUT2D eigenvalue weighted by atomic mass is 15.2. The topological polar surface area (TPSA) is 53.3 Å². The van der Waals surface area contributed by atoms with Crippen LogP contribution in [-0.2, 0) is 0 Å². The summed E-state index contributed by atoms with van der Waals surface area (Å²) in [6, 6.07) is 10.1. The SMILES string of the molecule is NB1NBNBN1c1ccccc1. The van der Waals surface area contributed by atoms with E-state index in [9.17, 15) is 0 Å². The predicted octanol–water partition coefficient (Wildman–Crippen LogP) is -1.84. The van der Waals surface area contributed by atoms with E-state index in [4.69, 9.17) is 5.64 Å². The van der Waals surface area contributed by atoms with Gasteiger partial charge < -0.3 is 20.6 Å². The summed E-state index contributed by atoms with van der Waals surface area (Å²) < 4.78 is 2.07. The van der Waals surface area contributed by atoms with E-state index >= 15 is 0 Å². The maximum Gasteiger partial charge on any atom is 0.405 e. The van der Waals surface area contributed by atoms with Crippen molar-refractivity contribution >= 4 is 27.9 Å². The molecule has 1 heterocycles. The van der Waals surface area contributed by atoms with Gasteiger partial charge in [-0.25, -0.2) is 0 Å². The van der Waals surface area contributed by atoms with E-state index in [1.165, 1.54) is 0 Å². The van der Waals surface area contributed by atoms with Crippen molar-refractivity contribution in [3.63, 3.8) is 0 Å². The van der Waals surface area contributed by atoms with Crippen molar-refractivity contribution in [1.82, 2.24) is 10.3 Å². The molecule has 7 heteroatoms. The van der Waals surface area contributed by atoms with Gasteiger partial charge in [-0.15, -0.1) is 0 Å². The van der Waals surface area contributed by atoms with Crippen LogP contribution in [0.4, 0.5) is 5.69 Å². The monoisotopic (exact) mass is 172 g/mol. The second-order valence-electron chi connectivity index (χ2n) is 3.04. The summed E-state index contributed by atoms with van der Waals surface area (Å²) in [7, 11) is 1.46. The molecule has 0 radical (unpaired) electrons. The van der Waals surface area contributed by atoms with Gasteiger partial charge in [0.15, 0.2) is 0 Å². The molecule has 1 aromatic rings. The van der Waals surface area contributed by atoms with Crippen molar-refractivity contribution in [2.24, 2.45) is 5.64 Å². The van der Waals surface area contributed by atoms with Crippen LogP contribution in [0, 0.1) is 0 Å². The number of anilines is 1. The summed E-state index contributed by atoms with van der Waals surface area (Å²) >= 11 is 0. The molecule has 4 nitrogen and oxygen atoms in total. The molecule has 2 rings (SSSR count). The Morgan fingerprint density at radius 2 is 2.08 bits per heavy atom. The third-order valence-electron chi connectivity index (χ3n) is 2.14. The maximum absolute atomic E-state index is 5.89. The van der Waals surface area contributed by atoms with Crippen LogP contribution < -0.4 is 20.6 Å². The van der Waals surface area contributed by atoms with Crippen molar-refractivity contribution in [2.75, 3.05) is 4.72 Å². The highest BCUT2D eigenvalue weighted by Crippen LogP contribution is 2.11. The number of rotatable bonds is 1. The molecule has 0 unspecified atom stereocenters. The zero-order valence-corrected chi connectivity index (χ0v) is 7.40. The number of nitrogens with one attached hydrogen (secondary N) is 2. The lowest BCUT2D eigenvalue weighted by Gasteiger charge is -2.32. The smallest absolute Gasteiger partial charge is 0.405 e. The van der Waals surface area contributed by atoms with Crippen molar-refractivity contribution < 1.29 is 0 Å². The summed E-state index contributed by atoms with van der Waals surface area (Å²) in [4.78, 5) is 0. The Hall–Kier alpha value is -0.905. The minimum absolute atomic E-state index is 0.0938. The van der Waals surface area contributed by atoms with Gasteiger partial charge in [0, 0.05) is 5.69 Å². The Morgan fingerprint density at radius 3 is 2.77 bits per heavy atom. The first-order valence-electron chi connectivity index (χ1n) is 4.39. The standard InChI is InChI=1S/C6H11B3N4/c10-9-12-7-11-8-13(9)6-4-2-1-3-5-6/h1-5,7-8,11-12H,10H2. The summed E-state index contributed by atoms with van der Waals surface area (Å²) in [6.07, 6.45) is 0. The zero-order valence-electron chi connectivity index (χ0n) is 7.40. The molecule has 0 aliphatic carbocycles. The van der Waals surface area contributed by atoms with Crippen LogP contribution in [0.5, 0.6) is 0 Å². The summed E-state index contributed by atoms with van der Waals surface area (Å²) in [6.45, 7) is 0. The molecule has 0 bridgehead atoms. The molecule has 0 saturated carbocycles. The molecule has 1 fully saturated rings. The van der Waals surface area contributed by atoms with Gasteiger partial charge in [0.05, 0.1) is 0 Å². The summed E-state index contributed by atoms with van der Waals surface area (Å²) in [5.41, 5.74) is 7.02. The average molecular weight is 172 g/mol. The Morgan fingerprint density at radius 1 is 1.31 bits per heavy atom. The summed E-state index contributed by atoms with van der Waals surface area (Å²) in [5, 5.41) is 6.32. The number of hydrogen-bond acceptors (Lipinski definition) is 4. The molecule has 0 atom stereocenters. The van der Waals surface area contributed by atoms with Crippen LogP contribution >= 0.6 is 0 Å². The summed E-state index contributed by atoms with van der Waals surface area (Å²) in [5.74, 6) is 0.